The maximum atomic E-state index is 10.8. The number of hydrogen-bond acceptors (Lipinski definition) is 4. The molecule has 0 aliphatic heterocycles. The highest BCUT2D eigenvalue weighted by Crippen LogP contribution is 2.49. The van der Waals surface area contributed by atoms with Gasteiger partial charge in [-0.25, -0.2) is 9.97 Å². The fraction of sp³-hybridized carbons (Fsp3) is 0. The van der Waals surface area contributed by atoms with Crippen LogP contribution in [0.3, 0.4) is 0 Å². The Morgan fingerprint density at radius 3 is 1.47 bits per heavy atom. The van der Waals surface area contributed by atoms with Crippen LogP contribution in [0.1, 0.15) is 5.56 Å². The van der Waals surface area contributed by atoms with Crippen LogP contribution >= 0.6 is 0 Å². The summed E-state index contributed by atoms with van der Waals surface area (Å²) in [6.45, 7) is 0. The summed E-state index contributed by atoms with van der Waals surface area (Å²) in [4.78, 5) is 10.6. The predicted molar refractivity (Wildman–Crippen MR) is 293 cm³/mol. The fourth-order valence-corrected chi connectivity index (χ4v) is 11.5. The molecule has 0 N–H and O–H groups in total. The predicted octanol–water partition coefficient (Wildman–Crippen LogP) is 16.5. The number of nitriles is 1. The summed E-state index contributed by atoms with van der Waals surface area (Å²) < 4.78 is 14.5. The number of furan rings is 1. The molecule has 0 bridgehead atoms. The summed E-state index contributed by atoms with van der Waals surface area (Å²) in [6, 6.07) is 83.0. The van der Waals surface area contributed by atoms with Crippen molar-refractivity contribution in [1.82, 2.24) is 23.7 Å². The van der Waals surface area contributed by atoms with Crippen molar-refractivity contribution in [3.05, 3.63) is 236 Å². The first kappa shape index (κ1) is 39.9. The molecule has 5 aromatic heterocycles. The largest absolute Gasteiger partial charge is 0.454 e. The molecule has 0 unspecified atom stereocenters. The normalized spacial score (nSPS) is 11.9. The van der Waals surface area contributed by atoms with E-state index in [2.05, 4.69) is 177 Å². The second-order valence-electron chi connectivity index (χ2n) is 18.3. The third-order valence-electron chi connectivity index (χ3n) is 14.5. The van der Waals surface area contributed by atoms with Gasteiger partial charge in [-0.05, 0) is 60.7 Å². The lowest BCUT2D eigenvalue weighted by Crippen LogP contribution is -2.03. The smallest absolute Gasteiger partial charge is 0.161 e. The highest BCUT2D eigenvalue weighted by Gasteiger charge is 2.29. The number of para-hydroxylation sites is 6. The van der Waals surface area contributed by atoms with Crippen LogP contribution in [0.4, 0.5) is 0 Å². The summed E-state index contributed by atoms with van der Waals surface area (Å²) >= 11 is 0. The van der Waals surface area contributed by atoms with Gasteiger partial charge in [0.05, 0.1) is 55.9 Å². The Bertz CT molecular complexity index is 4630. The van der Waals surface area contributed by atoms with Gasteiger partial charge in [-0.1, -0.05) is 170 Å². The Kier molecular flexibility index (Phi) is 8.59. The van der Waals surface area contributed by atoms with E-state index in [1.165, 1.54) is 16.2 Å². The highest BCUT2D eigenvalue weighted by atomic mass is 16.3. The lowest BCUT2D eigenvalue weighted by atomic mass is 9.99. The fourth-order valence-electron chi connectivity index (χ4n) is 11.5. The monoisotopic (exact) mass is 918 g/mol. The number of hydrogen-bond donors (Lipinski definition) is 0. The van der Waals surface area contributed by atoms with Gasteiger partial charge in [0.15, 0.2) is 11.4 Å². The second kappa shape index (κ2) is 15.5. The van der Waals surface area contributed by atoms with E-state index in [4.69, 9.17) is 14.4 Å². The molecule has 0 fully saturated rings. The zero-order valence-corrected chi connectivity index (χ0v) is 38.5. The molecule has 7 heteroatoms. The molecule has 0 atom stereocenters. The lowest BCUT2D eigenvalue weighted by molar-refractivity contribution is 0.666. The average molecular weight is 919 g/mol. The second-order valence-corrected chi connectivity index (χ2v) is 18.3. The van der Waals surface area contributed by atoms with E-state index in [-0.39, 0.29) is 0 Å². The summed E-state index contributed by atoms with van der Waals surface area (Å²) in [7, 11) is 0. The summed E-state index contributed by atoms with van der Waals surface area (Å²) in [5.41, 5.74) is 15.1. The SMILES string of the molecule is N#Cc1c(-c2ccccc2)nc(-c2ccc(-n3c4ccccc4c4c3c(-n3c5ccccc5c5ccccc53)cc3c5ccccc5n(-c5ccccc5)c34)c3oc4ccccc4c23)nc1-c1ccccc1. The zero-order chi connectivity index (χ0) is 47.4. The van der Waals surface area contributed by atoms with E-state index in [1.807, 2.05) is 72.8 Å². The first-order valence-corrected chi connectivity index (χ1v) is 24.1. The van der Waals surface area contributed by atoms with Gasteiger partial charge in [0.1, 0.15) is 17.2 Å². The molecule has 5 heterocycles. The highest BCUT2D eigenvalue weighted by molar-refractivity contribution is 6.29. The zero-order valence-electron chi connectivity index (χ0n) is 38.5. The molecule has 334 valence electrons. The number of fused-ring (bicyclic) bond motifs is 13. The lowest BCUT2D eigenvalue weighted by Gasteiger charge is -2.17. The average Bonchev–Trinajstić information content (AvgIpc) is 4.20. The maximum Gasteiger partial charge on any atom is 0.161 e. The van der Waals surface area contributed by atoms with Gasteiger partial charge in [0.2, 0.25) is 0 Å². The minimum absolute atomic E-state index is 0.420. The van der Waals surface area contributed by atoms with Crippen LogP contribution in [0, 0.1) is 11.3 Å². The number of rotatable bonds is 6. The first-order chi connectivity index (χ1) is 35.7. The Balaban J connectivity index is 1.13. The molecule has 15 rings (SSSR count). The van der Waals surface area contributed by atoms with Crippen LogP contribution < -0.4 is 0 Å². The van der Waals surface area contributed by atoms with Crippen LogP contribution in [-0.2, 0) is 0 Å². The van der Waals surface area contributed by atoms with Gasteiger partial charge in [-0.2, -0.15) is 5.26 Å². The first-order valence-electron chi connectivity index (χ1n) is 24.1. The van der Waals surface area contributed by atoms with Gasteiger partial charge in [0.25, 0.3) is 0 Å². The van der Waals surface area contributed by atoms with Crippen molar-refractivity contribution in [2.24, 2.45) is 0 Å². The van der Waals surface area contributed by atoms with E-state index < -0.39 is 0 Å². The molecule has 7 nitrogen and oxygen atoms in total. The summed E-state index contributed by atoms with van der Waals surface area (Å²) in [6.07, 6.45) is 0. The van der Waals surface area contributed by atoms with Gasteiger partial charge >= 0.3 is 0 Å². The number of nitrogens with zero attached hydrogens (tertiary/aromatic N) is 6. The molecule has 0 saturated carbocycles. The maximum absolute atomic E-state index is 10.8. The minimum Gasteiger partial charge on any atom is -0.454 e. The van der Waals surface area contributed by atoms with Crippen LogP contribution in [0.25, 0.3) is 138 Å². The summed E-state index contributed by atoms with van der Waals surface area (Å²) in [5.74, 6) is 0.497. The molecule has 0 amide bonds. The molecule has 72 heavy (non-hydrogen) atoms. The Labute approximate surface area is 411 Å². The Hall–Kier alpha value is -10.0. The van der Waals surface area contributed by atoms with Crippen LogP contribution in [0.15, 0.2) is 235 Å². The van der Waals surface area contributed by atoms with Crippen molar-refractivity contribution in [2.45, 2.75) is 0 Å². The molecule has 0 aliphatic carbocycles. The molecular formula is C65H38N6O. The molecule has 15 aromatic rings. The minimum atomic E-state index is 0.420. The van der Waals surface area contributed by atoms with Gasteiger partial charge < -0.3 is 18.1 Å². The van der Waals surface area contributed by atoms with Crippen molar-refractivity contribution in [3.8, 4) is 57.0 Å². The topological polar surface area (TPSA) is 77.5 Å². The summed E-state index contributed by atoms with van der Waals surface area (Å²) in [5, 5.41) is 19.6. The van der Waals surface area contributed by atoms with Crippen molar-refractivity contribution >= 4 is 87.4 Å². The van der Waals surface area contributed by atoms with Crippen molar-refractivity contribution < 1.29 is 4.42 Å². The van der Waals surface area contributed by atoms with Crippen LogP contribution in [0.5, 0.6) is 0 Å². The number of benzene rings is 10. The van der Waals surface area contributed by atoms with E-state index in [0.29, 0.717) is 28.4 Å². The van der Waals surface area contributed by atoms with Crippen molar-refractivity contribution in [1.29, 1.82) is 5.26 Å². The van der Waals surface area contributed by atoms with E-state index in [0.717, 1.165) is 99.4 Å². The van der Waals surface area contributed by atoms with Gasteiger partial charge in [0, 0.05) is 65.5 Å². The molecule has 0 saturated heterocycles. The standard InChI is InChI=1S/C65H38N6O/c66-39-50-60(40-20-4-1-5-21-40)67-65(68-61(50)41-22-6-2-7-23-41)48-36-37-55(64-58(48)47-30-14-19-35-57(47)72-64)71-54-34-18-13-29-46(54)59-62-49(45-28-12-15-31-51(45)69(62)42-24-8-3-9-25-42)38-56(63(59)71)70-52-32-16-10-26-43(52)44-27-11-17-33-53(44)70/h1-38H. The van der Waals surface area contributed by atoms with Gasteiger partial charge in [-0.15, -0.1) is 0 Å². The molecule has 10 aromatic carbocycles. The molecule has 0 aliphatic rings. The van der Waals surface area contributed by atoms with Crippen LogP contribution in [0.2, 0.25) is 0 Å². The Morgan fingerprint density at radius 1 is 0.389 bits per heavy atom. The van der Waals surface area contributed by atoms with E-state index >= 15 is 0 Å². The molecule has 0 spiro atoms. The third kappa shape index (κ3) is 5.66. The Morgan fingerprint density at radius 2 is 0.875 bits per heavy atom. The third-order valence-corrected chi connectivity index (χ3v) is 14.5. The molecule has 0 radical (unpaired) electrons. The van der Waals surface area contributed by atoms with Crippen LogP contribution in [-0.4, -0.2) is 23.7 Å². The van der Waals surface area contributed by atoms with Gasteiger partial charge in [-0.3, -0.25) is 0 Å². The van der Waals surface area contributed by atoms with Crippen molar-refractivity contribution in [2.75, 3.05) is 0 Å². The molecular weight excluding hydrogens is 881 g/mol. The van der Waals surface area contributed by atoms with E-state index in [1.54, 1.807) is 0 Å². The van der Waals surface area contributed by atoms with Crippen molar-refractivity contribution in [3.63, 3.8) is 0 Å². The quantitative estimate of drug-likeness (QED) is 0.166. The van der Waals surface area contributed by atoms with E-state index in [9.17, 15) is 5.26 Å². The number of aromatic nitrogens is 5.